The van der Waals surface area contributed by atoms with Crippen LogP contribution in [0.4, 0.5) is 13.2 Å². The Balaban J connectivity index is 1.55. The van der Waals surface area contributed by atoms with Gasteiger partial charge in [-0.3, -0.25) is 9.59 Å². The first-order chi connectivity index (χ1) is 13.7. The van der Waals surface area contributed by atoms with Gasteiger partial charge in [0.05, 0.1) is 11.5 Å². The third-order valence-corrected chi connectivity index (χ3v) is 5.17. The molecule has 1 aliphatic rings. The van der Waals surface area contributed by atoms with Crippen LogP contribution in [0.25, 0.3) is 0 Å². The fraction of sp³-hybridized carbons (Fsp3) is 0.333. The molecule has 1 N–H and O–H groups in total. The molecule has 3 rings (SSSR count). The molecule has 2 aromatic rings. The molecule has 1 heterocycles. The lowest BCUT2D eigenvalue weighted by Gasteiger charge is -2.32. The molecular weight excluding hydrogens is 405 g/mol. The Hall–Kier alpha value is -2.54. The van der Waals surface area contributed by atoms with Crippen LogP contribution in [0.1, 0.15) is 34.3 Å². The number of benzene rings is 2. The minimum absolute atomic E-state index is 0.138. The minimum atomic E-state index is -4.38. The second-order valence-electron chi connectivity index (χ2n) is 7.01. The van der Waals surface area contributed by atoms with Crippen molar-refractivity contribution in [3.05, 3.63) is 70.2 Å². The van der Waals surface area contributed by atoms with Gasteiger partial charge < -0.3 is 10.2 Å². The van der Waals surface area contributed by atoms with Gasteiger partial charge in [0.15, 0.2) is 0 Å². The maximum atomic E-state index is 12.6. The Morgan fingerprint density at radius 2 is 1.72 bits per heavy atom. The number of nitrogens with zero attached hydrogens (tertiary/aromatic N) is 1. The molecule has 0 saturated carbocycles. The lowest BCUT2D eigenvalue weighted by atomic mass is 9.96. The first kappa shape index (κ1) is 21.2. The molecule has 1 unspecified atom stereocenters. The molecule has 1 aliphatic heterocycles. The maximum Gasteiger partial charge on any atom is 0.416 e. The number of rotatable bonds is 4. The molecule has 2 aromatic carbocycles. The second kappa shape index (κ2) is 8.86. The van der Waals surface area contributed by atoms with E-state index < -0.39 is 11.7 Å². The first-order valence-electron chi connectivity index (χ1n) is 9.23. The van der Waals surface area contributed by atoms with E-state index in [0.717, 1.165) is 12.1 Å². The highest BCUT2D eigenvalue weighted by Gasteiger charge is 2.30. The number of hydrogen-bond acceptors (Lipinski definition) is 2. The van der Waals surface area contributed by atoms with Crippen LogP contribution in [0.2, 0.25) is 5.02 Å². The van der Waals surface area contributed by atoms with Crippen LogP contribution < -0.4 is 5.32 Å². The van der Waals surface area contributed by atoms with Crippen LogP contribution in [0.5, 0.6) is 0 Å². The number of carbonyl (C=O) groups is 2. The summed E-state index contributed by atoms with van der Waals surface area (Å²) in [6, 6.07) is 11.3. The number of carbonyl (C=O) groups excluding carboxylic acids is 2. The van der Waals surface area contributed by atoms with E-state index in [9.17, 15) is 22.8 Å². The minimum Gasteiger partial charge on any atom is -0.352 e. The smallest absolute Gasteiger partial charge is 0.352 e. The average molecular weight is 425 g/mol. The highest BCUT2D eigenvalue weighted by atomic mass is 35.5. The zero-order valence-electron chi connectivity index (χ0n) is 15.5. The number of piperidine rings is 1. The molecule has 8 heteroatoms. The Bertz CT molecular complexity index is 867. The number of halogens is 4. The van der Waals surface area contributed by atoms with Gasteiger partial charge in [0.1, 0.15) is 0 Å². The van der Waals surface area contributed by atoms with E-state index in [1.807, 2.05) is 0 Å². The van der Waals surface area contributed by atoms with Crippen LogP contribution in [0.15, 0.2) is 48.5 Å². The zero-order chi connectivity index (χ0) is 21.0. The van der Waals surface area contributed by atoms with Crippen molar-refractivity contribution in [3.63, 3.8) is 0 Å². The number of alkyl halides is 3. The van der Waals surface area contributed by atoms with Gasteiger partial charge in [0.2, 0.25) is 5.91 Å². The summed E-state index contributed by atoms with van der Waals surface area (Å²) < 4.78 is 37.8. The number of nitrogens with one attached hydrogen (secondary N) is 1. The van der Waals surface area contributed by atoms with Crippen molar-refractivity contribution in [3.8, 4) is 0 Å². The van der Waals surface area contributed by atoms with Gasteiger partial charge in [-0.05, 0) is 54.8 Å². The summed E-state index contributed by atoms with van der Waals surface area (Å²) in [6.45, 7) is 1.02. The number of hydrogen-bond donors (Lipinski definition) is 1. The van der Waals surface area contributed by atoms with Gasteiger partial charge in [0, 0.05) is 30.2 Å². The molecule has 4 nitrogen and oxygen atoms in total. The molecule has 1 fully saturated rings. The third kappa shape index (κ3) is 5.50. The maximum absolute atomic E-state index is 12.6. The molecule has 0 radical (unpaired) electrons. The highest BCUT2D eigenvalue weighted by Crippen LogP contribution is 2.29. The summed E-state index contributed by atoms with van der Waals surface area (Å²) >= 11 is 5.85. The van der Waals surface area contributed by atoms with Crippen molar-refractivity contribution in [2.75, 3.05) is 13.1 Å². The molecular formula is C21H20ClF3N2O2. The SMILES string of the molecule is O=C(NCc1ccc(C(F)(F)F)cc1)C1CCCN(C(=O)c2ccc(Cl)cc2)C1. The second-order valence-corrected chi connectivity index (χ2v) is 7.45. The Kier molecular flexibility index (Phi) is 6.47. The summed E-state index contributed by atoms with van der Waals surface area (Å²) in [5.74, 6) is -0.713. The highest BCUT2D eigenvalue weighted by molar-refractivity contribution is 6.30. The normalized spacial score (nSPS) is 17.1. The Labute approximate surface area is 171 Å². The van der Waals surface area contributed by atoms with Crippen molar-refractivity contribution >= 4 is 23.4 Å². The van der Waals surface area contributed by atoms with Gasteiger partial charge in [0.25, 0.3) is 5.91 Å². The van der Waals surface area contributed by atoms with E-state index in [4.69, 9.17) is 11.6 Å². The lowest BCUT2D eigenvalue weighted by Crippen LogP contribution is -2.45. The molecule has 2 amide bonds. The van der Waals surface area contributed by atoms with Gasteiger partial charge in [-0.15, -0.1) is 0 Å². The number of likely N-dealkylation sites (tertiary alicyclic amines) is 1. The van der Waals surface area contributed by atoms with Crippen molar-refractivity contribution in [2.24, 2.45) is 5.92 Å². The van der Waals surface area contributed by atoms with Crippen molar-refractivity contribution in [2.45, 2.75) is 25.6 Å². The predicted octanol–water partition coefficient (Wildman–Crippen LogP) is 4.53. The summed E-state index contributed by atoms with van der Waals surface area (Å²) in [5.41, 5.74) is 0.368. The van der Waals surface area contributed by atoms with Crippen LogP contribution in [0, 0.1) is 5.92 Å². The van der Waals surface area contributed by atoms with Gasteiger partial charge in [-0.25, -0.2) is 0 Å². The topological polar surface area (TPSA) is 49.4 Å². The van der Waals surface area contributed by atoms with Crippen LogP contribution >= 0.6 is 11.6 Å². The molecule has 0 bridgehead atoms. The summed E-state index contributed by atoms with van der Waals surface area (Å²) in [4.78, 5) is 26.8. The summed E-state index contributed by atoms with van der Waals surface area (Å²) in [7, 11) is 0. The molecule has 0 aliphatic carbocycles. The van der Waals surface area contributed by atoms with E-state index in [0.29, 0.717) is 42.1 Å². The van der Waals surface area contributed by atoms with E-state index in [2.05, 4.69) is 5.32 Å². The molecule has 29 heavy (non-hydrogen) atoms. The Morgan fingerprint density at radius 1 is 1.07 bits per heavy atom. The van der Waals surface area contributed by atoms with Gasteiger partial charge in [-0.1, -0.05) is 23.7 Å². The van der Waals surface area contributed by atoms with Gasteiger partial charge in [-0.2, -0.15) is 13.2 Å². The van der Waals surface area contributed by atoms with Crippen molar-refractivity contribution in [1.29, 1.82) is 0 Å². The quantitative estimate of drug-likeness (QED) is 0.784. The van der Waals surface area contributed by atoms with Gasteiger partial charge >= 0.3 is 6.18 Å². The van der Waals surface area contributed by atoms with Crippen molar-refractivity contribution in [1.82, 2.24) is 10.2 Å². The number of amides is 2. The molecule has 1 saturated heterocycles. The fourth-order valence-corrected chi connectivity index (χ4v) is 3.42. The van der Waals surface area contributed by atoms with E-state index in [-0.39, 0.29) is 24.3 Å². The zero-order valence-corrected chi connectivity index (χ0v) is 16.3. The van der Waals surface area contributed by atoms with E-state index in [1.165, 1.54) is 12.1 Å². The van der Waals surface area contributed by atoms with Crippen LogP contribution in [0.3, 0.4) is 0 Å². The fourth-order valence-electron chi connectivity index (χ4n) is 3.30. The van der Waals surface area contributed by atoms with Crippen LogP contribution in [-0.2, 0) is 17.5 Å². The molecule has 1 atom stereocenters. The largest absolute Gasteiger partial charge is 0.416 e. The summed E-state index contributed by atoms with van der Waals surface area (Å²) in [5, 5.41) is 3.30. The van der Waals surface area contributed by atoms with E-state index >= 15 is 0 Å². The third-order valence-electron chi connectivity index (χ3n) is 4.92. The monoisotopic (exact) mass is 424 g/mol. The molecule has 0 aromatic heterocycles. The standard InChI is InChI=1S/C21H20ClF3N2O2/c22-18-9-5-15(6-10-18)20(29)27-11-1-2-16(13-27)19(28)26-12-14-3-7-17(8-4-14)21(23,24)25/h3-10,16H,1-2,11-13H2,(H,26,28). The molecule has 0 spiro atoms. The first-order valence-corrected chi connectivity index (χ1v) is 9.60. The lowest BCUT2D eigenvalue weighted by molar-refractivity contribution is -0.137. The van der Waals surface area contributed by atoms with E-state index in [1.54, 1.807) is 29.2 Å². The predicted molar refractivity (Wildman–Crippen MR) is 103 cm³/mol. The average Bonchev–Trinajstić information content (AvgIpc) is 2.72. The van der Waals surface area contributed by atoms with Crippen molar-refractivity contribution < 1.29 is 22.8 Å². The Morgan fingerprint density at radius 3 is 2.34 bits per heavy atom. The summed E-state index contributed by atoms with van der Waals surface area (Å²) in [6.07, 6.45) is -3.02. The van der Waals surface area contributed by atoms with Crippen LogP contribution in [-0.4, -0.2) is 29.8 Å². The molecule has 154 valence electrons.